The number of hydrogen-bond donors (Lipinski definition) is 1. The largest absolute Gasteiger partial charge is 0.458 e. The number of aliphatic hydroxyl groups is 1. The van der Waals surface area contributed by atoms with Gasteiger partial charge in [-0.1, -0.05) is 19.8 Å². The smallest absolute Gasteiger partial charge is 0.136 e. The van der Waals surface area contributed by atoms with E-state index in [1.165, 1.54) is 18.6 Å². The highest BCUT2D eigenvalue weighted by Crippen LogP contribution is 2.40. The summed E-state index contributed by atoms with van der Waals surface area (Å²) in [5, 5.41) is 11.4. The van der Waals surface area contributed by atoms with Gasteiger partial charge in [0, 0.05) is 10.9 Å². The molecule has 20 heavy (non-hydrogen) atoms. The van der Waals surface area contributed by atoms with E-state index in [-0.39, 0.29) is 11.7 Å². The number of furan rings is 1. The third-order valence-corrected chi connectivity index (χ3v) is 4.63. The monoisotopic (exact) mass is 276 g/mol. The highest BCUT2D eigenvalue weighted by molar-refractivity contribution is 5.82. The zero-order chi connectivity index (χ0) is 14.3. The van der Waals surface area contributed by atoms with Crippen LogP contribution >= 0.6 is 0 Å². The van der Waals surface area contributed by atoms with Gasteiger partial charge in [0.1, 0.15) is 23.3 Å². The number of halogens is 1. The first-order chi connectivity index (χ1) is 9.56. The van der Waals surface area contributed by atoms with Crippen LogP contribution in [0.3, 0.4) is 0 Å². The fraction of sp³-hybridized carbons (Fsp3) is 0.529. The van der Waals surface area contributed by atoms with E-state index in [0.29, 0.717) is 17.3 Å². The Kier molecular flexibility index (Phi) is 3.55. The maximum Gasteiger partial charge on any atom is 0.136 e. The predicted octanol–water partition coefficient (Wildman–Crippen LogP) is 4.74. The molecule has 1 saturated carbocycles. The van der Waals surface area contributed by atoms with Gasteiger partial charge in [-0.05, 0) is 49.8 Å². The van der Waals surface area contributed by atoms with Gasteiger partial charge in [0.05, 0.1) is 0 Å². The van der Waals surface area contributed by atoms with Crippen LogP contribution in [-0.2, 0) is 0 Å². The molecule has 2 aromatic rings. The van der Waals surface area contributed by atoms with Crippen LogP contribution in [0.4, 0.5) is 4.39 Å². The molecule has 0 bridgehead atoms. The van der Waals surface area contributed by atoms with E-state index < -0.39 is 6.10 Å². The molecule has 3 unspecified atom stereocenters. The standard InChI is InChI=1S/C17H21FO2/c1-10-4-3-5-12(8-10)16(19)17-11(2)14-9-13(18)6-7-15(14)20-17/h6-7,9-10,12,16,19H,3-5,8H2,1-2H3. The Morgan fingerprint density at radius 1 is 1.35 bits per heavy atom. The maximum absolute atomic E-state index is 13.3. The van der Waals surface area contributed by atoms with Crippen molar-refractivity contribution in [1.29, 1.82) is 0 Å². The van der Waals surface area contributed by atoms with Gasteiger partial charge < -0.3 is 9.52 Å². The van der Waals surface area contributed by atoms with E-state index in [0.717, 1.165) is 30.2 Å². The molecule has 1 aromatic carbocycles. The van der Waals surface area contributed by atoms with E-state index in [1.807, 2.05) is 6.92 Å². The second-order valence-corrected chi connectivity index (χ2v) is 6.21. The molecule has 0 saturated heterocycles. The molecule has 1 aromatic heterocycles. The van der Waals surface area contributed by atoms with Crippen molar-refractivity contribution in [2.45, 2.75) is 45.6 Å². The molecule has 3 atom stereocenters. The second kappa shape index (κ2) is 5.21. The van der Waals surface area contributed by atoms with Crippen LogP contribution in [0.25, 0.3) is 11.0 Å². The first-order valence-electron chi connectivity index (χ1n) is 7.43. The molecule has 1 fully saturated rings. The summed E-state index contributed by atoms with van der Waals surface area (Å²) in [5.74, 6) is 1.26. The SMILES string of the molecule is Cc1c(C(O)C2CCCC(C)C2)oc2ccc(F)cc12. The van der Waals surface area contributed by atoms with Crippen molar-refractivity contribution in [3.8, 4) is 0 Å². The van der Waals surface area contributed by atoms with Gasteiger partial charge in [-0.3, -0.25) is 0 Å². The Labute approximate surface area is 118 Å². The number of hydrogen-bond acceptors (Lipinski definition) is 2. The van der Waals surface area contributed by atoms with E-state index in [1.54, 1.807) is 6.07 Å². The van der Waals surface area contributed by atoms with E-state index in [9.17, 15) is 9.50 Å². The number of aryl methyl sites for hydroxylation is 1. The lowest BCUT2D eigenvalue weighted by molar-refractivity contribution is 0.0544. The minimum Gasteiger partial charge on any atom is -0.458 e. The summed E-state index contributed by atoms with van der Waals surface area (Å²) >= 11 is 0. The van der Waals surface area contributed by atoms with Gasteiger partial charge in [-0.25, -0.2) is 4.39 Å². The zero-order valence-electron chi connectivity index (χ0n) is 12.0. The van der Waals surface area contributed by atoms with Gasteiger partial charge in [0.25, 0.3) is 0 Å². The van der Waals surface area contributed by atoms with Crippen molar-refractivity contribution in [1.82, 2.24) is 0 Å². The Hall–Kier alpha value is -1.35. The summed E-state index contributed by atoms with van der Waals surface area (Å²) in [6.45, 7) is 4.13. The molecular formula is C17H21FO2. The van der Waals surface area contributed by atoms with Crippen LogP contribution in [0.2, 0.25) is 0 Å². The average Bonchev–Trinajstić information content (AvgIpc) is 2.75. The van der Waals surface area contributed by atoms with Crippen LogP contribution in [-0.4, -0.2) is 5.11 Å². The number of benzene rings is 1. The normalized spacial score (nSPS) is 25.0. The average molecular weight is 276 g/mol. The minimum absolute atomic E-state index is 0.253. The Balaban J connectivity index is 1.95. The van der Waals surface area contributed by atoms with Crippen molar-refractivity contribution >= 4 is 11.0 Å². The van der Waals surface area contributed by atoms with E-state index in [4.69, 9.17) is 4.42 Å². The lowest BCUT2D eigenvalue weighted by Gasteiger charge is -2.29. The Bertz CT molecular complexity index is 617. The van der Waals surface area contributed by atoms with Gasteiger partial charge >= 0.3 is 0 Å². The topological polar surface area (TPSA) is 33.4 Å². The first kappa shape index (κ1) is 13.6. The molecule has 2 nitrogen and oxygen atoms in total. The highest BCUT2D eigenvalue weighted by atomic mass is 19.1. The van der Waals surface area contributed by atoms with Crippen molar-refractivity contribution < 1.29 is 13.9 Å². The molecule has 108 valence electrons. The van der Waals surface area contributed by atoms with Crippen molar-refractivity contribution in [2.24, 2.45) is 11.8 Å². The van der Waals surface area contributed by atoms with Crippen molar-refractivity contribution in [3.05, 3.63) is 35.3 Å². The molecule has 1 heterocycles. The zero-order valence-corrected chi connectivity index (χ0v) is 12.0. The van der Waals surface area contributed by atoms with Crippen LogP contribution in [0.1, 0.15) is 50.0 Å². The highest BCUT2D eigenvalue weighted by Gasteiger charge is 2.30. The van der Waals surface area contributed by atoms with Crippen LogP contribution in [0.5, 0.6) is 0 Å². The van der Waals surface area contributed by atoms with Crippen LogP contribution in [0, 0.1) is 24.6 Å². The van der Waals surface area contributed by atoms with Gasteiger partial charge in [0.15, 0.2) is 0 Å². The van der Waals surface area contributed by atoms with Crippen LogP contribution < -0.4 is 0 Å². The van der Waals surface area contributed by atoms with Gasteiger partial charge in [0.2, 0.25) is 0 Å². The summed E-state index contributed by atoms with van der Waals surface area (Å²) in [6, 6.07) is 4.51. The molecule has 1 N–H and O–H groups in total. The molecule has 3 heteroatoms. The van der Waals surface area contributed by atoms with Gasteiger partial charge in [-0.15, -0.1) is 0 Å². The lowest BCUT2D eigenvalue weighted by Crippen LogP contribution is -2.20. The molecule has 0 radical (unpaired) electrons. The predicted molar refractivity (Wildman–Crippen MR) is 77.0 cm³/mol. The van der Waals surface area contributed by atoms with Crippen molar-refractivity contribution in [2.75, 3.05) is 0 Å². The Morgan fingerprint density at radius 3 is 2.90 bits per heavy atom. The number of fused-ring (bicyclic) bond motifs is 1. The number of rotatable bonds is 2. The fourth-order valence-corrected chi connectivity index (χ4v) is 3.48. The maximum atomic E-state index is 13.3. The quantitative estimate of drug-likeness (QED) is 0.859. The molecular weight excluding hydrogens is 255 g/mol. The van der Waals surface area contributed by atoms with Crippen LogP contribution in [0.15, 0.2) is 22.6 Å². The molecule has 0 aliphatic heterocycles. The van der Waals surface area contributed by atoms with E-state index in [2.05, 4.69) is 6.92 Å². The molecule has 0 amide bonds. The minimum atomic E-state index is -0.576. The fourth-order valence-electron chi connectivity index (χ4n) is 3.48. The number of aliphatic hydroxyl groups excluding tert-OH is 1. The van der Waals surface area contributed by atoms with E-state index >= 15 is 0 Å². The first-order valence-corrected chi connectivity index (χ1v) is 7.43. The summed E-state index contributed by atoms with van der Waals surface area (Å²) in [5.41, 5.74) is 1.52. The third-order valence-electron chi connectivity index (χ3n) is 4.63. The molecule has 3 rings (SSSR count). The second-order valence-electron chi connectivity index (χ2n) is 6.21. The third kappa shape index (κ3) is 2.35. The Morgan fingerprint density at radius 2 is 2.15 bits per heavy atom. The summed E-state index contributed by atoms with van der Waals surface area (Å²) in [4.78, 5) is 0. The summed E-state index contributed by atoms with van der Waals surface area (Å²) in [6.07, 6.45) is 3.90. The molecule has 1 aliphatic rings. The van der Waals surface area contributed by atoms with Gasteiger partial charge in [-0.2, -0.15) is 0 Å². The molecule has 1 aliphatic carbocycles. The molecule has 0 spiro atoms. The lowest BCUT2D eigenvalue weighted by atomic mass is 9.78. The summed E-state index contributed by atoms with van der Waals surface area (Å²) < 4.78 is 19.1. The summed E-state index contributed by atoms with van der Waals surface area (Å²) in [7, 11) is 0. The van der Waals surface area contributed by atoms with Crippen molar-refractivity contribution in [3.63, 3.8) is 0 Å².